The Labute approximate surface area is 157 Å². The van der Waals surface area contributed by atoms with Crippen molar-refractivity contribution in [3.63, 3.8) is 0 Å². The standard InChI is InChI=1S/C19H24N4O4/c1-14-5-3-4-6-17(14)23-10-15(9-20-23)19(26)22-7-8-27-16(12-22)11-21(2)13-18(24)25/h3-6,9-10,16H,7-8,11-13H2,1-2H3,(H,24,25). The van der Waals surface area contributed by atoms with E-state index in [-0.39, 0.29) is 18.6 Å². The van der Waals surface area contributed by atoms with Gasteiger partial charge in [-0.05, 0) is 25.6 Å². The molecule has 3 rings (SSSR count). The zero-order chi connectivity index (χ0) is 19.4. The second kappa shape index (κ2) is 8.32. The number of nitrogens with zero attached hydrogens (tertiary/aromatic N) is 4. The smallest absolute Gasteiger partial charge is 0.317 e. The lowest BCUT2D eigenvalue weighted by molar-refractivity contribution is -0.138. The zero-order valence-electron chi connectivity index (χ0n) is 15.5. The number of para-hydroxylation sites is 1. The molecule has 2 heterocycles. The molecule has 1 atom stereocenters. The molecule has 1 aliphatic heterocycles. The lowest BCUT2D eigenvalue weighted by atomic mass is 10.2. The van der Waals surface area contributed by atoms with Crippen LogP contribution < -0.4 is 0 Å². The topological polar surface area (TPSA) is 87.9 Å². The first-order chi connectivity index (χ1) is 12.9. The first-order valence-corrected chi connectivity index (χ1v) is 8.86. The van der Waals surface area contributed by atoms with E-state index in [1.165, 1.54) is 0 Å². The van der Waals surface area contributed by atoms with Gasteiger partial charge in [0.05, 0.1) is 36.7 Å². The van der Waals surface area contributed by atoms with Gasteiger partial charge < -0.3 is 14.7 Å². The second-order valence-electron chi connectivity index (χ2n) is 6.79. The van der Waals surface area contributed by atoms with Crippen LogP contribution in [-0.2, 0) is 9.53 Å². The van der Waals surface area contributed by atoms with Gasteiger partial charge in [-0.2, -0.15) is 5.10 Å². The van der Waals surface area contributed by atoms with E-state index in [1.54, 1.807) is 33.9 Å². The molecule has 0 bridgehead atoms. The fourth-order valence-corrected chi connectivity index (χ4v) is 3.23. The molecule has 1 aromatic heterocycles. The van der Waals surface area contributed by atoms with Crippen molar-refractivity contribution in [2.75, 3.05) is 39.8 Å². The molecule has 0 aliphatic carbocycles. The van der Waals surface area contributed by atoms with Crippen LogP contribution in [0.4, 0.5) is 0 Å². The van der Waals surface area contributed by atoms with Crippen molar-refractivity contribution in [1.29, 1.82) is 0 Å². The number of hydrogen-bond acceptors (Lipinski definition) is 5. The Morgan fingerprint density at radius 3 is 2.89 bits per heavy atom. The van der Waals surface area contributed by atoms with Crippen molar-refractivity contribution < 1.29 is 19.4 Å². The highest BCUT2D eigenvalue weighted by Crippen LogP contribution is 2.15. The maximum absolute atomic E-state index is 12.8. The molecule has 144 valence electrons. The quantitative estimate of drug-likeness (QED) is 0.815. The summed E-state index contributed by atoms with van der Waals surface area (Å²) in [7, 11) is 1.73. The number of amides is 1. The summed E-state index contributed by atoms with van der Waals surface area (Å²) in [4.78, 5) is 27.1. The number of aliphatic carboxylic acids is 1. The summed E-state index contributed by atoms with van der Waals surface area (Å²) in [5.41, 5.74) is 2.54. The first kappa shape index (κ1) is 19.1. The van der Waals surface area contributed by atoms with Crippen LogP contribution in [0, 0.1) is 6.92 Å². The first-order valence-electron chi connectivity index (χ1n) is 8.86. The molecule has 1 fully saturated rings. The van der Waals surface area contributed by atoms with Crippen molar-refractivity contribution in [2.45, 2.75) is 13.0 Å². The minimum atomic E-state index is -0.884. The molecule has 8 heteroatoms. The van der Waals surface area contributed by atoms with E-state index >= 15 is 0 Å². The van der Waals surface area contributed by atoms with E-state index in [2.05, 4.69) is 5.10 Å². The molecular weight excluding hydrogens is 348 g/mol. The molecule has 1 N–H and O–H groups in total. The molecule has 1 aromatic carbocycles. The van der Waals surface area contributed by atoms with Gasteiger partial charge in [-0.25, -0.2) is 4.68 Å². The molecule has 2 aromatic rings. The van der Waals surface area contributed by atoms with E-state index < -0.39 is 5.97 Å². The Morgan fingerprint density at radius 2 is 2.15 bits per heavy atom. The minimum absolute atomic E-state index is 0.0585. The average Bonchev–Trinajstić information content (AvgIpc) is 3.10. The fraction of sp³-hybridized carbons (Fsp3) is 0.421. The summed E-state index contributed by atoms with van der Waals surface area (Å²) in [6, 6.07) is 7.85. The highest BCUT2D eigenvalue weighted by molar-refractivity contribution is 5.94. The maximum Gasteiger partial charge on any atom is 0.317 e. The van der Waals surface area contributed by atoms with Crippen LogP contribution in [0.2, 0.25) is 0 Å². The van der Waals surface area contributed by atoms with E-state index in [4.69, 9.17) is 9.84 Å². The minimum Gasteiger partial charge on any atom is -0.480 e. The summed E-state index contributed by atoms with van der Waals surface area (Å²) in [5, 5.41) is 13.2. The number of carboxylic acid groups (broad SMARTS) is 1. The molecule has 0 radical (unpaired) electrons. The number of carbonyl (C=O) groups excluding carboxylic acids is 1. The van der Waals surface area contributed by atoms with Crippen molar-refractivity contribution in [3.05, 3.63) is 47.8 Å². The average molecular weight is 372 g/mol. The summed E-state index contributed by atoms with van der Waals surface area (Å²) >= 11 is 0. The number of likely N-dealkylation sites (N-methyl/N-ethyl adjacent to an activating group) is 1. The number of aryl methyl sites for hydroxylation is 1. The Bertz CT molecular complexity index is 820. The van der Waals surface area contributed by atoms with Crippen LogP contribution in [-0.4, -0.2) is 82.5 Å². The van der Waals surface area contributed by atoms with Crippen LogP contribution in [0.15, 0.2) is 36.7 Å². The van der Waals surface area contributed by atoms with Crippen molar-refractivity contribution in [1.82, 2.24) is 19.6 Å². The third-order valence-electron chi connectivity index (χ3n) is 4.54. The third kappa shape index (κ3) is 4.72. The second-order valence-corrected chi connectivity index (χ2v) is 6.79. The van der Waals surface area contributed by atoms with Gasteiger partial charge in [-0.1, -0.05) is 18.2 Å². The molecule has 8 nitrogen and oxygen atoms in total. The third-order valence-corrected chi connectivity index (χ3v) is 4.54. The predicted molar refractivity (Wildman–Crippen MR) is 99.1 cm³/mol. The highest BCUT2D eigenvalue weighted by Gasteiger charge is 2.27. The summed E-state index contributed by atoms with van der Waals surface area (Å²) in [6.45, 7) is 3.77. The molecule has 1 unspecified atom stereocenters. The number of morpholine rings is 1. The van der Waals surface area contributed by atoms with E-state index in [0.29, 0.717) is 31.8 Å². The van der Waals surface area contributed by atoms with E-state index in [1.807, 2.05) is 31.2 Å². The van der Waals surface area contributed by atoms with Gasteiger partial charge in [0.25, 0.3) is 5.91 Å². The summed E-state index contributed by atoms with van der Waals surface area (Å²) in [5.74, 6) is -0.978. The molecule has 1 saturated heterocycles. The van der Waals surface area contributed by atoms with Gasteiger partial charge in [0.2, 0.25) is 0 Å². The van der Waals surface area contributed by atoms with E-state index in [0.717, 1.165) is 11.3 Å². The van der Waals surface area contributed by atoms with Gasteiger partial charge >= 0.3 is 5.97 Å². The number of carboxylic acids is 1. The zero-order valence-corrected chi connectivity index (χ0v) is 15.5. The van der Waals surface area contributed by atoms with Crippen molar-refractivity contribution >= 4 is 11.9 Å². The normalized spacial score (nSPS) is 17.3. The number of ether oxygens (including phenoxy) is 1. The van der Waals surface area contributed by atoms with Gasteiger partial charge in [-0.15, -0.1) is 0 Å². The van der Waals surface area contributed by atoms with Crippen LogP contribution in [0.5, 0.6) is 0 Å². The monoisotopic (exact) mass is 372 g/mol. The summed E-state index contributed by atoms with van der Waals surface area (Å²) in [6.07, 6.45) is 3.11. The van der Waals surface area contributed by atoms with E-state index in [9.17, 15) is 9.59 Å². The molecule has 0 saturated carbocycles. The van der Waals surface area contributed by atoms with Crippen molar-refractivity contribution in [3.8, 4) is 5.69 Å². The van der Waals surface area contributed by atoms with Crippen LogP contribution in [0.3, 0.4) is 0 Å². The Balaban J connectivity index is 1.65. The largest absolute Gasteiger partial charge is 0.480 e. The van der Waals surface area contributed by atoms with Crippen LogP contribution in [0.25, 0.3) is 5.69 Å². The SMILES string of the molecule is Cc1ccccc1-n1cc(C(=O)N2CCOC(CN(C)CC(=O)O)C2)cn1. The van der Waals surface area contributed by atoms with Crippen LogP contribution in [0.1, 0.15) is 15.9 Å². The van der Waals surface area contributed by atoms with Gasteiger partial charge in [0.15, 0.2) is 0 Å². The lowest BCUT2D eigenvalue weighted by Crippen LogP contribution is -2.49. The lowest BCUT2D eigenvalue weighted by Gasteiger charge is -2.34. The Hall–Kier alpha value is -2.71. The summed E-state index contributed by atoms with van der Waals surface area (Å²) < 4.78 is 7.40. The van der Waals surface area contributed by atoms with Crippen LogP contribution >= 0.6 is 0 Å². The Morgan fingerprint density at radius 1 is 1.37 bits per heavy atom. The molecular formula is C19H24N4O4. The molecule has 1 aliphatic rings. The number of benzene rings is 1. The van der Waals surface area contributed by atoms with Gasteiger partial charge in [-0.3, -0.25) is 14.5 Å². The number of hydrogen-bond donors (Lipinski definition) is 1. The number of carbonyl (C=O) groups is 2. The highest BCUT2D eigenvalue weighted by atomic mass is 16.5. The van der Waals surface area contributed by atoms with Crippen molar-refractivity contribution in [2.24, 2.45) is 0 Å². The Kier molecular flexibility index (Phi) is 5.88. The molecule has 27 heavy (non-hydrogen) atoms. The maximum atomic E-state index is 12.8. The fourth-order valence-electron chi connectivity index (χ4n) is 3.23. The number of aromatic nitrogens is 2. The van der Waals surface area contributed by atoms with Gasteiger partial charge in [0, 0.05) is 25.8 Å². The molecule has 0 spiro atoms. The number of rotatable bonds is 6. The molecule has 1 amide bonds. The predicted octanol–water partition coefficient (Wildman–Crippen LogP) is 1.04. The van der Waals surface area contributed by atoms with Gasteiger partial charge in [0.1, 0.15) is 0 Å².